The van der Waals surface area contributed by atoms with Crippen LogP contribution in [0.3, 0.4) is 0 Å². The summed E-state index contributed by atoms with van der Waals surface area (Å²) in [6.07, 6.45) is 2.04. The van der Waals surface area contributed by atoms with Crippen molar-refractivity contribution < 1.29 is 17.6 Å². The number of piperazine rings is 1. The van der Waals surface area contributed by atoms with E-state index in [4.69, 9.17) is 0 Å². The molecular formula is C24H30FN3O3S. The third-order valence-corrected chi connectivity index (χ3v) is 8.38. The van der Waals surface area contributed by atoms with Crippen LogP contribution in [-0.2, 0) is 14.8 Å². The number of nitrogens with zero attached hydrogens (tertiary/aromatic N) is 3. The molecule has 0 N–H and O–H groups in total. The molecule has 1 amide bonds. The zero-order valence-electron chi connectivity index (χ0n) is 18.6. The molecule has 2 aliphatic rings. The van der Waals surface area contributed by atoms with E-state index in [1.54, 1.807) is 4.90 Å². The van der Waals surface area contributed by atoms with E-state index in [2.05, 4.69) is 36.9 Å². The van der Waals surface area contributed by atoms with E-state index in [1.807, 2.05) is 0 Å². The first kappa shape index (κ1) is 22.7. The van der Waals surface area contributed by atoms with Crippen molar-refractivity contribution in [1.29, 1.82) is 0 Å². The number of hydrogen-bond donors (Lipinski definition) is 0. The van der Waals surface area contributed by atoms with Crippen LogP contribution < -0.4 is 4.90 Å². The van der Waals surface area contributed by atoms with Crippen molar-refractivity contribution in [1.82, 2.24) is 9.21 Å². The first-order valence-corrected chi connectivity index (χ1v) is 12.6. The maximum Gasteiger partial charge on any atom is 0.243 e. The highest BCUT2D eigenvalue weighted by Crippen LogP contribution is 2.28. The molecule has 2 saturated heterocycles. The van der Waals surface area contributed by atoms with E-state index < -0.39 is 21.9 Å². The predicted octanol–water partition coefficient (Wildman–Crippen LogP) is 3.33. The van der Waals surface area contributed by atoms with E-state index in [-0.39, 0.29) is 10.8 Å². The van der Waals surface area contributed by atoms with Crippen LogP contribution in [0.15, 0.2) is 47.4 Å². The Morgan fingerprint density at radius 2 is 1.62 bits per heavy atom. The van der Waals surface area contributed by atoms with Gasteiger partial charge in [0.25, 0.3) is 0 Å². The second-order valence-electron chi connectivity index (χ2n) is 8.68. The molecule has 2 aromatic carbocycles. The fourth-order valence-electron chi connectivity index (χ4n) is 4.62. The Kier molecular flexibility index (Phi) is 6.53. The Bertz CT molecular complexity index is 1080. The largest absolute Gasteiger partial charge is 0.368 e. The maximum absolute atomic E-state index is 13.4. The fraction of sp³-hybridized carbons (Fsp3) is 0.458. The van der Waals surface area contributed by atoms with Gasteiger partial charge in [-0.1, -0.05) is 18.6 Å². The maximum atomic E-state index is 13.4. The third-order valence-electron chi connectivity index (χ3n) is 6.46. The van der Waals surface area contributed by atoms with Crippen molar-refractivity contribution >= 4 is 21.6 Å². The zero-order chi connectivity index (χ0) is 22.9. The molecule has 0 aliphatic carbocycles. The minimum absolute atomic E-state index is 0.0262. The van der Waals surface area contributed by atoms with Gasteiger partial charge in [-0.25, -0.2) is 12.8 Å². The van der Waals surface area contributed by atoms with Crippen LogP contribution >= 0.6 is 0 Å². The van der Waals surface area contributed by atoms with Crippen molar-refractivity contribution in [3.63, 3.8) is 0 Å². The molecule has 0 radical (unpaired) electrons. The van der Waals surface area contributed by atoms with Gasteiger partial charge in [0, 0.05) is 38.4 Å². The number of anilines is 1. The number of sulfonamides is 1. The number of benzene rings is 2. The summed E-state index contributed by atoms with van der Waals surface area (Å²) in [6, 6.07) is 10.5. The molecule has 0 saturated carbocycles. The van der Waals surface area contributed by atoms with Crippen LogP contribution in [0.2, 0.25) is 0 Å². The monoisotopic (exact) mass is 459 g/mol. The van der Waals surface area contributed by atoms with E-state index in [0.717, 1.165) is 18.6 Å². The molecule has 4 rings (SSSR count). The van der Waals surface area contributed by atoms with Gasteiger partial charge in [-0.15, -0.1) is 0 Å². The molecule has 2 aliphatic heterocycles. The van der Waals surface area contributed by atoms with Crippen molar-refractivity contribution in [2.45, 2.75) is 44.0 Å². The second-order valence-corrected chi connectivity index (χ2v) is 10.6. The van der Waals surface area contributed by atoms with Crippen LogP contribution in [0.1, 0.15) is 30.4 Å². The lowest BCUT2D eigenvalue weighted by molar-refractivity contribution is -0.136. The van der Waals surface area contributed by atoms with Gasteiger partial charge in [-0.2, -0.15) is 4.31 Å². The minimum Gasteiger partial charge on any atom is -0.368 e. The van der Waals surface area contributed by atoms with Gasteiger partial charge in [-0.05, 0) is 68.1 Å². The van der Waals surface area contributed by atoms with Crippen molar-refractivity contribution in [3.8, 4) is 0 Å². The summed E-state index contributed by atoms with van der Waals surface area (Å²) in [6.45, 7) is 7.02. The molecule has 2 fully saturated rings. The van der Waals surface area contributed by atoms with Gasteiger partial charge >= 0.3 is 0 Å². The molecule has 0 aromatic heterocycles. The van der Waals surface area contributed by atoms with Crippen LogP contribution in [0.5, 0.6) is 0 Å². The SMILES string of the molecule is Cc1ccc(C)c(N2CCN(C(=O)[C@H]3CCCCN3S(=O)(=O)c3ccc(F)cc3)CC2)c1. The highest BCUT2D eigenvalue weighted by Gasteiger charge is 2.40. The Morgan fingerprint density at radius 1 is 0.938 bits per heavy atom. The number of amides is 1. The van der Waals surface area contributed by atoms with Gasteiger partial charge < -0.3 is 9.80 Å². The van der Waals surface area contributed by atoms with Gasteiger partial charge in [0.15, 0.2) is 0 Å². The van der Waals surface area contributed by atoms with Gasteiger partial charge in [0.2, 0.25) is 15.9 Å². The average Bonchev–Trinajstić information content (AvgIpc) is 2.80. The third kappa shape index (κ3) is 4.52. The van der Waals surface area contributed by atoms with Crippen molar-refractivity contribution in [3.05, 3.63) is 59.4 Å². The van der Waals surface area contributed by atoms with Crippen molar-refractivity contribution in [2.75, 3.05) is 37.6 Å². The number of carbonyl (C=O) groups is 1. The molecule has 8 heteroatoms. The lowest BCUT2D eigenvalue weighted by Gasteiger charge is -2.41. The molecule has 2 aromatic rings. The molecule has 1 atom stereocenters. The summed E-state index contributed by atoms with van der Waals surface area (Å²) in [5, 5.41) is 0. The minimum atomic E-state index is -3.87. The molecule has 6 nitrogen and oxygen atoms in total. The van der Waals surface area contributed by atoms with Crippen LogP contribution in [0, 0.1) is 19.7 Å². The number of carbonyl (C=O) groups excluding carboxylic acids is 1. The van der Waals surface area contributed by atoms with Crippen LogP contribution in [0.4, 0.5) is 10.1 Å². The van der Waals surface area contributed by atoms with E-state index in [0.29, 0.717) is 45.6 Å². The Morgan fingerprint density at radius 3 is 2.31 bits per heavy atom. The summed E-state index contributed by atoms with van der Waals surface area (Å²) in [5.41, 5.74) is 3.60. The number of piperidine rings is 1. The molecule has 0 bridgehead atoms. The van der Waals surface area contributed by atoms with Crippen molar-refractivity contribution in [2.24, 2.45) is 0 Å². The Balaban J connectivity index is 1.48. The predicted molar refractivity (Wildman–Crippen MR) is 123 cm³/mol. The summed E-state index contributed by atoms with van der Waals surface area (Å²) < 4.78 is 41.1. The standard InChI is InChI=1S/C24H30FN3O3S/c1-18-6-7-19(2)23(17-18)26-13-15-27(16-14-26)24(29)22-5-3-4-12-28(22)32(30,31)21-10-8-20(25)9-11-21/h6-11,17,22H,3-5,12-16H2,1-2H3/t22-/m1/s1. The fourth-order valence-corrected chi connectivity index (χ4v) is 6.27. The average molecular weight is 460 g/mol. The lowest BCUT2D eigenvalue weighted by Crippen LogP contribution is -2.57. The first-order chi connectivity index (χ1) is 15.3. The van der Waals surface area contributed by atoms with Gasteiger partial charge in [-0.3, -0.25) is 4.79 Å². The lowest BCUT2D eigenvalue weighted by atomic mass is 10.0. The molecule has 0 spiro atoms. The van der Waals surface area contributed by atoms with Crippen LogP contribution in [-0.4, -0.2) is 62.3 Å². The first-order valence-electron chi connectivity index (χ1n) is 11.2. The molecule has 32 heavy (non-hydrogen) atoms. The van der Waals surface area contributed by atoms with E-state index in [9.17, 15) is 17.6 Å². The number of halogens is 1. The summed E-state index contributed by atoms with van der Waals surface area (Å²) in [4.78, 5) is 17.5. The number of aryl methyl sites for hydroxylation is 2. The summed E-state index contributed by atoms with van der Waals surface area (Å²) in [5.74, 6) is -0.618. The number of hydrogen-bond acceptors (Lipinski definition) is 4. The summed E-state index contributed by atoms with van der Waals surface area (Å²) in [7, 11) is -3.87. The summed E-state index contributed by atoms with van der Waals surface area (Å²) >= 11 is 0. The molecule has 172 valence electrons. The smallest absolute Gasteiger partial charge is 0.243 e. The molecular weight excluding hydrogens is 429 g/mol. The van der Waals surface area contributed by atoms with Gasteiger partial charge in [0.1, 0.15) is 11.9 Å². The Hall–Kier alpha value is -2.45. The highest BCUT2D eigenvalue weighted by molar-refractivity contribution is 7.89. The highest BCUT2D eigenvalue weighted by atomic mass is 32.2. The molecule has 0 unspecified atom stereocenters. The van der Waals surface area contributed by atoms with E-state index in [1.165, 1.54) is 33.3 Å². The Labute approximate surface area is 189 Å². The topological polar surface area (TPSA) is 60.9 Å². The molecule has 2 heterocycles. The second kappa shape index (κ2) is 9.19. The number of rotatable bonds is 4. The normalized spacial score (nSPS) is 20.4. The zero-order valence-corrected chi connectivity index (χ0v) is 19.4. The van der Waals surface area contributed by atoms with E-state index >= 15 is 0 Å². The van der Waals surface area contributed by atoms with Gasteiger partial charge in [0.05, 0.1) is 4.90 Å². The quantitative estimate of drug-likeness (QED) is 0.704. The van der Waals surface area contributed by atoms with Crippen LogP contribution in [0.25, 0.3) is 0 Å².